The lowest BCUT2D eigenvalue weighted by atomic mass is 10.3. The molecule has 0 aromatic carbocycles. The maximum absolute atomic E-state index is 4.27. The monoisotopic (exact) mass is 152 g/mol. The summed E-state index contributed by atoms with van der Waals surface area (Å²) in [7, 11) is 4.02. The van der Waals surface area contributed by atoms with Crippen LogP contribution in [0, 0.1) is 0 Å². The van der Waals surface area contributed by atoms with Crippen LogP contribution in [0.4, 0.5) is 11.5 Å². The number of fused-ring (bicyclic) bond motifs is 1. The van der Waals surface area contributed by atoms with Crippen LogP contribution < -0.4 is 10.2 Å². The standard InChI is InChI=1S/C7H12N4/c1-10-4-3-8-7-6(10)5-11(2)9-7/h5H,3-4H2,1-2H3,(H,8,9). The molecule has 0 radical (unpaired) electrons. The molecule has 0 atom stereocenters. The molecule has 1 aromatic heterocycles. The van der Waals surface area contributed by atoms with Crippen LogP contribution in [0.5, 0.6) is 0 Å². The Kier molecular flexibility index (Phi) is 1.27. The Labute approximate surface area is 65.8 Å². The highest BCUT2D eigenvalue weighted by Crippen LogP contribution is 2.24. The van der Waals surface area contributed by atoms with Crippen molar-refractivity contribution in [2.75, 3.05) is 30.4 Å². The van der Waals surface area contributed by atoms with E-state index in [1.807, 2.05) is 17.9 Å². The van der Waals surface area contributed by atoms with Crippen molar-refractivity contribution in [3.05, 3.63) is 6.20 Å². The lowest BCUT2D eigenvalue weighted by Gasteiger charge is -2.23. The minimum Gasteiger partial charge on any atom is -0.369 e. The van der Waals surface area contributed by atoms with E-state index < -0.39 is 0 Å². The third-order valence-electron chi connectivity index (χ3n) is 1.96. The third-order valence-corrected chi connectivity index (χ3v) is 1.96. The molecule has 11 heavy (non-hydrogen) atoms. The van der Waals surface area contributed by atoms with Gasteiger partial charge < -0.3 is 10.2 Å². The minimum atomic E-state index is 0.987. The van der Waals surface area contributed by atoms with E-state index in [2.05, 4.69) is 22.4 Å². The van der Waals surface area contributed by atoms with Crippen molar-refractivity contribution < 1.29 is 0 Å². The molecule has 4 heteroatoms. The summed E-state index contributed by atoms with van der Waals surface area (Å²) in [6.07, 6.45) is 2.03. The minimum absolute atomic E-state index is 0.987. The van der Waals surface area contributed by atoms with E-state index in [0.29, 0.717) is 0 Å². The molecule has 0 saturated carbocycles. The van der Waals surface area contributed by atoms with Crippen molar-refractivity contribution in [2.24, 2.45) is 7.05 Å². The predicted octanol–water partition coefficient (Wildman–Crippen LogP) is 0.282. The molecule has 0 fully saturated rings. The molecule has 2 rings (SSSR count). The van der Waals surface area contributed by atoms with E-state index in [1.54, 1.807) is 0 Å². The largest absolute Gasteiger partial charge is 0.369 e. The normalized spacial score (nSPS) is 16.0. The number of rotatable bonds is 0. The molecule has 1 aromatic rings. The van der Waals surface area contributed by atoms with Crippen molar-refractivity contribution in [1.82, 2.24) is 9.78 Å². The number of nitrogens with zero attached hydrogens (tertiary/aromatic N) is 3. The topological polar surface area (TPSA) is 33.1 Å². The van der Waals surface area contributed by atoms with E-state index in [1.165, 1.54) is 5.69 Å². The van der Waals surface area contributed by atoms with Gasteiger partial charge in [0.15, 0.2) is 5.82 Å². The molecule has 0 bridgehead atoms. The Morgan fingerprint density at radius 1 is 1.55 bits per heavy atom. The fourth-order valence-corrected chi connectivity index (χ4v) is 1.34. The Morgan fingerprint density at radius 2 is 2.36 bits per heavy atom. The summed E-state index contributed by atoms with van der Waals surface area (Å²) >= 11 is 0. The zero-order valence-corrected chi connectivity index (χ0v) is 6.83. The van der Waals surface area contributed by atoms with Gasteiger partial charge in [0.1, 0.15) is 0 Å². The molecule has 1 aliphatic heterocycles. The van der Waals surface area contributed by atoms with Gasteiger partial charge in [-0.1, -0.05) is 0 Å². The van der Waals surface area contributed by atoms with Gasteiger partial charge in [-0.05, 0) is 0 Å². The highest BCUT2D eigenvalue weighted by Gasteiger charge is 2.15. The van der Waals surface area contributed by atoms with Gasteiger partial charge >= 0.3 is 0 Å². The summed E-state index contributed by atoms with van der Waals surface area (Å²) in [5.41, 5.74) is 1.19. The number of likely N-dealkylation sites (N-methyl/N-ethyl adjacent to an activating group) is 1. The molecule has 4 nitrogen and oxygen atoms in total. The summed E-state index contributed by atoms with van der Waals surface area (Å²) in [4.78, 5) is 2.21. The van der Waals surface area contributed by atoms with Gasteiger partial charge in [-0.25, -0.2) is 0 Å². The Balaban J connectivity index is 2.43. The van der Waals surface area contributed by atoms with Crippen molar-refractivity contribution in [3.63, 3.8) is 0 Å². The van der Waals surface area contributed by atoms with Crippen LogP contribution in [0.25, 0.3) is 0 Å². The summed E-state index contributed by atoms with van der Waals surface area (Å²) < 4.78 is 1.83. The molecule has 0 saturated heterocycles. The van der Waals surface area contributed by atoms with Crippen LogP contribution >= 0.6 is 0 Å². The summed E-state index contributed by atoms with van der Waals surface area (Å²) in [5, 5.41) is 7.51. The predicted molar refractivity (Wildman–Crippen MR) is 45.0 cm³/mol. The SMILES string of the molecule is CN1CCNc2nn(C)cc21. The summed E-state index contributed by atoms with van der Waals surface area (Å²) in [6.45, 7) is 2.04. The maximum atomic E-state index is 4.27. The highest BCUT2D eigenvalue weighted by atomic mass is 15.3. The second kappa shape index (κ2) is 2.15. The number of anilines is 2. The molecule has 2 heterocycles. The van der Waals surface area contributed by atoms with Crippen LogP contribution in [0.1, 0.15) is 0 Å². The van der Waals surface area contributed by atoms with Crippen molar-refractivity contribution in [1.29, 1.82) is 0 Å². The van der Waals surface area contributed by atoms with E-state index in [4.69, 9.17) is 0 Å². The smallest absolute Gasteiger partial charge is 0.171 e. The average molecular weight is 152 g/mol. The van der Waals surface area contributed by atoms with E-state index in [9.17, 15) is 0 Å². The third kappa shape index (κ3) is 0.943. The fourth-order valence-electron chi connectivity index (χ4n) is 1.34. The second-order valence-corrected chi connectivity index (χ2v) is 2.88. The summed E-state index contributed by atoms with van der Waals surface area (Å²) in [5.74, 6) is 1.00. The molecule has 1 N–H and O–H groups in total. The lowest BCUT2D eigenvalue weighted by molar-refractivity contribution is 0.769. The van der Waals surface area contributed by atoms with E-state index in [0.717, 1.165) is 18.9 Å². The molecule has 0 spiro atoms. The molecular weight excluding hydrogens is 140 g/mol. The van der Waals surface area contributed by atoms with Gasteiger partial charge in [0.2, 0.25) is 0 Å². The molecule has 0 unspecified atom stereocenters. The Morgan fingerprint density at radius 3 is 3.09 bits per heavy atom. The quantitative estimate of drug-likeness (QED) is 0.579. The zero-order chi connectivity index (χ0) is 7.84. The van der Waals surface area contributed by atoms with Crippen LogP contribution in [0.15, 0.2) is 6.20 Å². The van der Waals surface area contributed by atoms with Crippen molar-refractivity contribution >= 4 is 11.5 Å². The molecule has 0 aliphatic carbocycles. The first-order chi connectivity index (χ1) is 5.27. The first-order valence-electron chi connectivity index (χ1n) is 3.76. The van der Waals surface area contributed by atoms with Crippen LogP contribution in [0.3, 0.4) is 0 Å². The highest BCUT2D eigenvalue weighted by molar-refractivity contribution is 5.66. The van der Waals surface area contributed by atoms with Crippen molar-refractivity contribution in [3.8, 4) is 0 Å². The lowest BCUT2D eigenvalue weighted by Crippen LogP contribution is -2.29. The zero-order valence-electron chi connectivity index (χ0n) is 6.83. The number of hydrogen-bond acceptors (Lipinski definition) is 3. The van der Waals surface area contributed by atoms with Crippen molar-refractivity contribution in [2.45, 2.75) is 0 Å². The first-order valence-corrected chi connectivity index (χ1v) is 3.76. The van der Waals surface area contributed by atoms with Crippen LogP contribution in [-0.2, 0) is 7.05 Å². The number of aryl methyl sites for hydroxylation is 1. The van der Waals surface area contributed by atoms with Gasteiger partial charge in [-0.3, -0.25) is 4.68 Å². The molecule has 60 valence electrons. The van der Waals surface area contributed by atoms with Crippen LogP contribution in [-0.4, -0.2) is 29.9 Å². The van der Waals surface area contributed by atoms with Gasteiger partial charge in [-0.15, -0.1) is 0 Å². The maximum Gasteiger partial charge on any atom is 0.171 e. The Hall–Kier alpha value is -1.19. The van der Waals surface area contributed by atoms with Crippen LogP contribution in [0.2, 0.25) is 0 Å². The molecule has 0 amide bonds. The molecular formula is C7H12N4. The fraction of sp³-hybridized carbons (Fsp3) is 0.571. The van der Waals surface area contributed by atoms with Gasteiger partial charge in [0.05, 0.1) is 11.9 Å². The summed E-state index contributed by atoms with van der Waals surface area (Å²) in [6, 6.07) is 0. The Bertz CT molecular complexity index is 265. The average Bonchev–Trinajstić information content (AvgIpc) is 2.31. The number of aromatic nitrogens is 2. The van der Waals surface area contributed by atoms with Gasteiger partial charge in [0.25, 0.3) is 0 Å². The van der Waals surface area contributed by atoms with Gasteiger partial charge in [-0.2, -0.15) is 5.10 Å². The number of nitrogens with one attached hydrogen (secondary N) is 1. The first kappa shape index (κ1) is 6.52. The molecule has 1 aliphatic rings. The van der Waals surface area contributed by atoms with E-state index >= 15 is 0 Å². The van der Waals surface area contributed by atoms with Gasteiger partial charge in [0, 0.05) is 27.2 Å². The number of hydrogen-bond donors (Lipinski definition) is 1. The second-order valence-electron chi connectivity index (χ2n) is 2.88. The van der Waals surface area contributed by atoms with E-state index in [-0.39, 0.29) is 0 Å².